The SMILES string of the molecule is CC(C)c1cccc(C(C)C)c1B1N(C)c2ccc(Oc3[c-]c4c(cc3)C(C)(C)C(C)(C)c3ccnn3-4)[c-]c2-c2nccn21.[Pt+2]. The Kier molecular flexibility index (Phi) is 7.71. The van der Waals surface area contributed by atoms with Gasteiger partial charge in [0.2, 0.25) is 0 Å². The average Bonchev–Trinajstić information content (AvgIpc) is 3.67. The molecular formula is C37H40BN5OPt. The molecular weight excluding hydrogens is 736 g/mol. The van der Waals surface area contributed by atoms with Gasteiger partial charge in [-0.15, -0.1) is 23.8 Å². The monoisotopic (exact) mass is 776 g/mol. The maximum atomic E-state index is 6.45. The van der Waals surface area contributed by atoms with Crippen LogP contribution in [-0.4, -0.2) is 33.3 Å². The number of rotatable bonds is 5. The first kappa shape index (κ1) is 31.4. The molecule has 0 amide bonds. The third kappa shape index (κ3) is 4.64. The first-order chi connectivity index (χ1) is 20.9. The summed E-state index contributed by atoms with van der Waals surface area (Å²) >= 11 is 0. The molecule has 4 heterocycles. The van der Waals surface area contributed by atoms with Gasteiger partial charge in [-0.2, -0.15) is 11.2 Å². The van der Waals surface area contributed by atoms with Gasteiger partial charge in [0.25, 0.3) is 0 Å². The maximum Gasteiger partial charge on any atom is 2.00 e. The Morgan fingerprint density at radius 3 is 2.18 bits per heavy atom. The van der Waals surface area contributed by atoms with Gasteiger partial charge in [-0.1, -0.05) is 97.0 Å². The second-order valence-corrected chi connectivity index (χ2v) is 14.0. The number of hydrogen-bond acceptors (Lipinski definition) is 4. The van der Waals surface area contributed by atoms with Crippen LogP contribution in [0.3, 0.4) is 0 Å². The second-order valence-electron chi connectivity index (χ2n) is 14.0. The number of ether oxygens (including phenoxy) is 1. The normalized spacial score (nSPS) is 15.7. The summed E-state index contributed by atoms with van der Waals surface area (Å²) in [5.74, 6) is 2.95. The Morgan fingerprint density at radius 2 is 1.49 bits per heavy atom. The van der Waals surface area contributed by atoms with Crippen LogP contribution >= 0.6 is 0 Å². The van der Waals surface area contributed by atoms with E-state index >= 15 is 0 Å². The molecule has 2 aromatic heterocycles. The summed E-state index contributed by atoms with van der Waals surface area (Å²) < 4.78 is 10.7. The number of hydrogen-bond donors (Lipinski definition) is 0. The van der Waals surface area contributed by atoms with Crippen LogP contribution in [-0.2, 0) is 31.9 Å². The van der Waals surface area contributed by atoms with Crippen LogP contribution in [0.15, 0.2) is 67.1 Å². The average molecular weight is 777 g/mol. The molecule has 6 nitrogen and oxygen atoms in total. The minimum Gasteiger partial charge on any atom is -0.503 e. The van der Waals surface area contributed by atoms with Crippen molar-refractivity contribution in [3.63, 3.8) is 0 Å². The Bertz CT molecular complexity index is 1880. The summed E-state index contributed by atoms with van der Waals surface area (Å²) in [4.78, 5) is 7.19. The van der Waals surface area contributed by atoms with Crippen molar-refractivity contribution < 1.29 is 25.8 Å². The van der Waals surface area contributed by atoms with E-state index < -0.39 is 0 Å². The minimum atomic E-state index is -0.104. The van der Waals surface area contributed by atoms with Gasteiger partial charge in [0.15, 0.2) is 0 Å². The smallest absolute Gasteiger partial charge is 0.503 e. The van der Waals surface area contributed by atoms with Crippen molar-refractivity contribution in [1.29, 1.82) is 0 Å². The van der Waals surface area contributed by atoms with Gasteiger partial charge in [0.05, 0.1) is 0 Å². The van der Waals surface area contributed by atoms with Crippen molar-refractivity contribution in [2.75, 3.05) is 11.9 Å². The summed E-state index contributed by atoms with van der Waals surface area (Å²) in [5.41, 5.74) is 9.23. The second kappa shape index (κ2) is 11.0. The Morgan fingerprint density at radius 1 is 0.822 bits per heavy atom. The van der Waals surface area contributed by atoms with E-state index in [-0.39, 0.29) is 38.9 Å². The summed E-state index contributed by atoms with van der Waals surface area (Å²) in [7, 11) is 2.17. The standard InChI is InChI=1S/C37H40BN5O.Pt/c1-23(2)27-11-10-12-28(24(3)4)34(27)38-41(9)31-16-14-25(21-29(31)35-39-19-20-42(35)38)44-26-13-15-30-32(22-26)43-33(17-18-40-43)37(7,8)36(30,5)6;/h10-20,23-24H,1-9H3;/q-2;+2. The van der Waals surface area contributed by atoms with Gasteiger partial charge in [-0.25, -0.2) is 0 Å². The number of nitrogens with zero attached hydrogens (tertiary/aromatic N) is 5. The van der Waals surface area contributed by atoms with Gasteiger partial charge in [-0.3, -0.25) is 9.67 Å². The van der Waals surface area contributed by atoms with Crippen LogP contribution in [0, 0.1) is 12.1 Å². The molecule has 0 aliphatic carbocycles. The summed E-state index contributed by atoms with van der Waals surface area (Å²) in [6.07, 6.45) is 5.85. The third-order valence-corrected chi connectivity index (χ3v) is 10.3. The van der Waals surface area contributed by atoms with Gasteiger partial charge >= 0.3 is 28.0 Å². The number of anilines is 1. The Hall–Kier alpha value is -3.57. The molecule has 0 unspecified atom stereocenters. The van der Waals surface area contributed by atoms with E-state index in [0.29, 0.717) is 23.3 Å². The van der Waals surface area contributed by atoms with E-state index in [2.05, 4.69) is 132 Å². The van der Waals surface area contributed by atoms with Crippen LogP contribution in [0.2, 0.25) is 0 Å². The van der Waals surface area contributed by atoms with Crippen LogP contribution in [0.25, 0.3) is 17.1 Å². The molecule has 7 rings (SSSR count). The molecule has 0 saturated carbocycles. The zero-order valence-electron chi connectivity index (χ0n) is 27.5. The van der Waals surface area contributed by atoms with E-state index in [4.69, 9.17) is 9.72 Å². The molecule has 2 aliphatic heterocycles. The van der Waals surface area contributed by atoms with Gasteiger partial charge in [0, 0.05) is 47.0 Å². The molecule has 0 spiro atoms. The Balaban J connectivity index is 0.00000357. The number of imidazole rings is 1. The first-order valence-corrected chi connectivity index (χ1v) is 15.7. The molecule has 0 atom stereocenters. The van der Waals surface area contributed by atoms with E-state index in [0.717, 1.165) is 22.8 Å². The van der Waals surface area contributed by atoms with Crippen molar-refractivity contribution in [1.82, 2.24) is 19.2 Å². The largest absolute Gasteiger partial charge is 2.00 e. The number of benzene rings is 3. The molecule has 0 N–H and O–H groups in total. The van der Waals surface area contributed by atoms with Gasteiger partial charge in [-0.05, 0) is 52.6 Å². The zero-order valence-corrected chi connectivity index (χ0v) is 29.8. The predicted molar refractivity (Wildman–Crippen MR) is 179 cm³/mol. The van der Waals surface area contributed by atoms with Crippen molar-refractivity contribution in [2.45, 2.75) is 78.1 Å². The van der Waals surface area contributed by atoms with E-state index in [1.165, 1.54) is 27.8 Å². The molecule has 0 radical (unpaired) electrons. The summed E-state index contributed by atoms with van der Waals surface area (Å²) in [5, 5.41) is 4.66. The molecule has 5 aromatic rings. The fourth-order valence-corrected chi connectivity index (χ4v) is 7.18. The molecule has 0 fully saturated rings. The topological polar surface area (TPSA) is 48.1 Å². The van der Waals surface area contributed by atoms with Crippen LogP contribution in [0.4, 0.5) is 5.69 Å². The van der Waals surface area contributed by atoms with Crippen molar-refractivity contribution >= 4 is 18.1 Å². The fraction of sp³-hybridized carbons (Fsp3) is 0.351. The zero-order chi connectivity index (χ0) is 31.1. The summed E-state index contributed by atoms with van der Waals surface area (Å²) in [6.45, 7) is 18.3. The maximum absolute atomic E-state index is 6.45. The van der Waals surface area contributed by atoms with E-state index in [1.54, 1.807) is 0 Å². The van der Waals surface area contributed by atoms with Crippen LogP contribution < -0.4 is 15.0 Å². The minimum absolute atomic E-state index is 0. The molecule has 2 aliphatic rings. The third-order valence-electron chi connectivity index (χ3n) is 10.3. The van der Waals surface area contributed by atoms with Gasteiger partial charge < -0.3 is 14.0 Å². The first-order valence-electron chi connectivity index (χ1n) is 15.7. The quantitative estimate of drug-likeness (QED) is 0.136. The van der Waals surface area contributed by atoms with E-state index in [1.807, 2.05) is 29.2 Å². The van der Waals surface area contributed by atoms with Crippen LogP contribution in [0.1, 0.15) is 89.6 Å². The molecule has 45 heavy (non-hydrogen) atoms. The molecule has 0 bridgehead atoms. The summed E-state index contributed by atoms with van der Waals surface area (Å²) in [6, 6.07) is 24.3. The van der Waals surface area contributed by atoms with Crippen molar-refractivity contribution in [3.05, 3.63) is 102 Å². The van der Waals surface area contributed by atoms with Crippen molar-refractivity contribution in [3.8, 4) is 28.6 Å². The van der Waals surface area contributed by atoms with Gasteiger partial charge in [0.1, 0.15) is 0 Å². The molecule has 0 saturated heterocycles. The Labute approximate surface area is 282 Å². The molecule has 232 valence electrons. The molecule has 8 heteroatoms. The van der Waals surface area contributed by atoms with E-state index in [9.17, 15) is 0 Å². The molecule has 3 aromatic carbocycles. The predicted octanol–water partition coefficient (Wildman–Crippen LogP) is 7.63. The van der Waals surface area contributed by atoms with Crippen molar-refractivity contribution in [2.24, 2.45) is 0 Å². The number of fused-ring (bicyclic) bond motifs is 6. The fourth-order valence-electron chi connectivity index (χ4n) is 7.18. The van der Waals surface area contributed by atoms with Crippen LogP contribution in [0.5, 0.6) is 11.5 Å². The number of aromatic nitrogens is 4.